The molecule has 0 saturated heterocycles. The van der Waals surface area contributed by atoms with Crippen molar-refractivity contribution in [1.82, 2.24) is 5.16 Å². The molecule has 0 spiro atoms. The van der Waals surface area contributed by atoms with Crippen molar-refractivity contribution in [3.63, 3.8) is 0 Å². The summed E-state index contributed by atoms with van der Waals surface area (Å²) in [6, 6.07) is 7.29. The number of rotatable bonds is 2. The topological polar surface area (TPSA) is 63.3 Å². The Hall–Kier alpha value is -1.81. The highest BCUT2D eigenvalue weighted by molar-refractivity contribution is 6.32. The van der Waals surface area contributed by atoms with E-state index in [-0.39, 0.29) is 10.9 Å². The average molecular weight is 238 g/mol. The molecule has 1 heterocycles. The monoisotopic (exact) mass is 237 g/mol. The van der Waals surface area contributed by atoms with Gasteiger partial charge >= 0.3 is 5.97 Å². The van der Waals surface area contributed by atoms with Gasteiger partial charge < -0.3 is 9.63 Å². The third kappa shape index (κ3) is 1.79. The fraction of sp³-hybridized carbons (Fsp3) is 0.0909. The summed E-state index contributed by atoms with van der Waals surface area (Å²) in [5.74, 6) is -1.43. The minimum atomic E-state index is -1.19. The van der Waals surface area contributed by atoms with E-state index < -0.39 is 5.97 Å². The van der Waals surface area contributed by atoms with Gasteiger partial charge in [0, 0.05) is 0 Å². The number of carboxylic acids is 1. The molecule has 4 nitrogen and oxygen atoms in total. The lowest BCUT2D eigenvalue weighted by Gasteiger charge is -1.99. The zero-order chi connectivity index (χ0) is 11.7. The summed E-state index contributed by atoms with van der Waals surface area (Å²) in [5.41, 5.74) is 2.07. The maximum absolute atomic E-state index is 10.9. The van der Waals surface area contributed by atoms with E-state index in [4.69, 9.17) is 16.7 Å². The van der Waals surface area contributed by atoms with Crippen molar-refractivity contribution in [2.75, 3.05) is 0 Å². The number of benzene rings is 1. The fourth-order valence-corrected chi connectivity index (χ4v) is 1.62. The highest BCUT2D eigenvalue weighted by Crippen LogP contribution is 2.31. The number of hydrogen-bond acceptors (Lipinski definition) is 3. The Kier molecular flexibility index (Phi) is 2.66. The van der Waals surface area contributed by atoms with E-state index in [1.807, 2.05) is 19.1 Å². The van der Waals surface area contributed by atoms with E-state index in [1.165, 1.54) is 0 Å². The molecule has 0 aliphatic carbocycles. The molecule has 0 unspecified atom stereocenters. The van der Waals surface area contributed by atoms with Crippen LogP contribution in [0.4, 0.5) is 0 Å². The lowest BCUT2D eigenvalue weighted by Crippen LogP contribution is -1.96. The van der Waals surface area contributed by atoms with Crippen LogP contribution in [-0.4, -0.2) is 16.2 Å². The highest BCUT2D eigenvalue weighted by Gasteiger charge is 2.21. The van der Waals surface area contributed by atoms with Crippen molar-refractivity contribution in [2.24, 2.45) is 0 Å². The largest absolute Gasteiger partial charge is 0.475 e. The van der Waals surface area contributed by atoms with E-state index in [0.29, 0.717) is 11.1 Å². The zero-order valence-corrected chi connectivity index (χ0v) is 9.15. The third-order valence-electron chi connectivity index (χ3n) is 2.18. The maximum atomic E-state index is 10.9. The number of aromatic nitrogens is 1. The standard InChI is InChI=1S/C11H8ClNO3/c1-6-2-4-7(5-3-6)8-9(11(14)15)16-13-10(8)12/h2-5H,1H3,(H,14,15). The number of carbonyl (C=O) groups is 1. The SMILES string of the molecule is Cc1ccc(-c2c(Cl)noc2C(=O)O)cc1. The fourth-order valence-electron chi connectivity index (χ4n) is 1.39. The molecule has 16 heavy (non-hydrogen) atoms. The van der Waals surface area contributed by atoms with Gasteiger partial charge in [0.25, 0.3) is 5.76 Å². The van der Waals surface area contributed by atoms with Crippen LogP contribution in [0.25, 0.3) is 11.1 Å². The third-order valence-corrected chi connectivity index (χ3v) is 2.44. The van der Waals surface area contributed by atoms with Gasteiger partial charge in [0.1, 0.15) is 0 Å². The first-order valence-electron chi connectivity index (χ1n) is 4.55. The van der Waals surface area contributed by atoms with Crippen LogP contribution in [0.2, 0.25) is 5.15 Å². The molecular weight excluding hydrogens is 230 g/mol. The Morgan fingerprint density at radius 2 is 2.00 bits per heavy atom. The number of nitrogens with zero attached hydrogens (tertiary/aromatic N) is 1. The van der Waals surface area contributed by atoms with Gasteiger partial charge in [-0.1, -0.05) is 46.6 Å². The molecule has 5 heteroatoms. The minimum Gasteiger partial charge on any atom is -0.475 e. The summed E-state index contributed by atoms with van der Waals surface area (Å²) < 4.78 is 4.66. The molecule has 0 aliphatic heterocycles. The van der Waals surface area contributed by atoms with Crippen LogP contribution in [0.1, 0.15) is 16.1 Å². The molecule has 1 N–H and O–H groups in total. The van der Waals surface area contributed by atoms with Gasteiger partial charge in [-0.05, 0) is 12.5 Å². The van der Waals surface area contributed by atoms with E-state index in [0.717, 1.165) is 5.56 Å². The average Bonchev–Trinajstić information content (AvgIpc) is 2.62. The van der Waals surface area contributed by atoms with Crippen LogP contribution in [-0.2, 0) is 0 Å². The number of aromatic carboxylic acids is 1. The van der Waals surface area contributed by atoms with Crippen molar-refractivity contribution in [3.05, 3.63) is 40.7 Å². The summed E-state index contributed by atoms with van der Waals surface area (Å²) in [7, 11) is 0. The Morgan fingerprint density at radius 1 is 1.38 bits per heavy atom. The highest BCUT2D eigenvalue weighted by atomic mass is 35.5. The van der Waals surface area contributed by atoms with Crippen LogP contribution >= 0.6 is 11.6 Å². The molecule has 0 fully saturated rings. The van der Waals surface area contributed by atoms with Gasteiger partial charge in [-0.3, -0.25) is 0 Å². The zero-order valence-electron chi connectivity index (χ0n) is 8.40. The number of hydrogen-bond donors (Lipinski definition) is 1. The lowest BCUT2D eigenvalue weighted by atomic mass is 10.1. The quantitative estimate of drug-likeness (QED) is 0.872. The van der Waals surface area contributed by atoms with Gasteiger partial charge in [0.15, 0.2) is 5.15 Å². The van der Waals surface area contributed by atoms with Crippen molar-refractivity contribution in [2.45, 2.75) is 6.92 Å². The van der Waals surface area contributed by atoms with Gasteiger partial charge in [-0.25, -0.2) is 4.79 Å². The summed E-state index contributed by atoms with van der Waals surface area (Å²) >= 11 is 5.80. The summed E-state index contributed by atoms with van der Waals surface area (Å²) in [4.78, 5) is 10.9. The van der Waals surface area contributed by atoms with Gasteiger partial charge in [-0.2, -0.15) is 0 Å². The van der Waals surface area contributed by atoms with Crippen LogP contribution in [0, 0.1) is 6.92 Å². The molecule has 0 radical (unpaired) electrons. The first-order chi connectivity index (χ1) is 7.59. The van der Waals surface area contributed by atoms with E-state index in [9.17, 15) is 4.79 Å². The van der Waals surface area contributed by atoms with Gasteiger partial charge in [-0.15, -0.1) is 0 Å². The summed E-state index contributed by atoms with van der Waals surface area (Å²) in [6.07, 6.45) is 0. The number of carboxylic acid groups (broad SMARTS) is 1. The van der Waals surface area contributed by atoms with Crippen molar-refractivity contribution in [3.8, 4) is 11.1 Å². The molecule has 2 aromatic rings. The van der Waals surface area contributed by atoms with Crippen molar-refractivity contribution < 1.29 is 14.4 Å². The molecule has 0 aliphatic rings. The molecule has 82 valence electrons. The molecular formula is C11H8ClNO3. The Balaban J connectivity index is 2.58. The second kappa shape index (κ2) is 3.98. The van der Waals surface area contributed by atoms with E-state index in [2.05, 4.69) is 9.68 Å². The molecule has 0 bridgehead atoms. The van der Waals surface area contributed by atoms with Crippen LogP contribution in [0.5, 0.6) is 0 Å². The molecule has 1 aromatic carbocycles. The first kappa shape index (κ1) is 10.7. The smallest absolute Gasteiger partial charge is 0.375 e. The molecule has 0 amide bonds. The number of aryl methyl sites for hydroxylation is 1. The Labute approximate surface area is 96.4 Å². The van der Waals surface area contributed by atoms with E-state index in [1.54, 1.807) is 12.1 Å². The second-order valence-electron chi connectivity index (χ2n) is 3.35. The molecule has 0 saturated carbocycles. The Bertz CT molecular complexity index is 531. The molecule has 2 rings (SSSR count). The normalized spacial score (nSPS) is 10.4. The van der Waals surface area contributed by atoms with Crippen LogP contribution in [0.15, 0.2) is 28.8 Å². The predicted octanol–water partition coefficient (Wildman–Crippen LogP) is 3.00. The summed E-state index contributed by atoms with van der Waals surface area (Å²) in [5, 5.41) is 12.4. The van der Waals surface area contributed by atoms with Crippen molar-refractivity contribution in [1.29, 1.82) is 0 Å². The first-order valence-corrected chi connectivity index (χ1v) is 4.93. The van der Waals surface area contributed by atoms with Crippen LogP contribution < -0.4 is 0 Å². The summed E-state index contributed by atoms with van der Waals surface area (Å²) in [6.45, 7) is 1.94. The predicted molar refractivity (Wildman–Crippen MR) is 58.6 cm³/mol. The van der Waals surface area contributed by atoms with Crippen molar-refractivity contribution >= 4 is 17.6 Å². The lowest BCUT2D eigenvalue weighted by molar-refractivity contribution is 0.0653. The van der Waals surface area contributed by atoms with Crippen LogP contribution in [0.3, 0.4) is 0 Å². The minimum absolute atomic E-state index is 0.0567. The number of halogens is 1. The van der Waals surface area contributed by atoms with Gasteiger partial charge in [0.2, 0.25) is 0 Å². The van der Waals surface area contributed by atoms with Gasteiger partial charge in [0.05, 0.1) is 5.56 Å². The molecule has 1 aromatic heterocycles. The maximum Gasteiger partial charge on any atom is 0.375 e. The second-order valence-corrected chi connectivity index (χ2v) is 3.71. The Morgan fingerprint density at radius 3 is 2.56 bits per heavy atom. The van der Waals surface area contributed by atoms with E-state index >= 15 is 0 Å². The molecule has 0 atom stereocenters.